The van der Waals surface area contributed by atoms with Gasteiger partial charge < -0.3 is 10.5 Å². The summed E-state index contributed by atoms with van der Waals surface area (Å²) in [5.74, 6) is 1.80. The van der Waals surface area contributed by atoms with Crippen molar-refractivity contribution in [3.63, 3.8) is 0 Å². The van der Waals surface area contributed by atoms with Gasteiger partial charge in [-0.2, -0.15) is 0 Å². The third kappa shape index (κ3) is 3.03. The van der Waals surface area contributed by atoms with Crippen LogP contribution in [0.4, 0.5) is 0 Å². The van der Waals surface area contributed by atoms with Crippen molar-refractivity contribution in [2.45, 2.75) is 32.9 Å². The normalized spacial score (nSPS) is 20.3. The fraction of sp³-hybridized carbons (Fsp3) is 0.600. The monoisotopic (exact) mass is 248 g/mol. The van der Waals surface area contributed by atoms with E-state index in [0.717, 1.165) is 23.8 Å². The Hall–Kier alpha value is -1.06. The van der Waals surface area contributed by atoms with Crippen LogP contribution in [0.5, 0.6) is 5.75 Å². The summed E-state index contributed by atoms with van der Waals surface area (Å²) in [6, 6.07) is 6.38. The lowest BCUT2D eigenvalue weighted by atomic mass is 10.1. The summed E-state index contributed by atoms with van der Waals surface area (Å²) in [5, 5.41) is 0. The van der Waals surface area contributed by atoms with Crippen molar-refractivity contribution in [1.82, 2.24) is 4.90 Å². The summed E-state index contributed by atoms with van der Waals surface area (Å²) in [6.45, 7) is 6.30. The Morgan fingerprint density at radius 2 is 2.28 bits per heavy atom. The zero-order chi connectivity index (χ0) is 13.0. The number of rotatable bonds is 5. The lowest BCUT2D eigenvalue weighted by Crippen LogP contribution is -2.20. The molecule has 0 aliphatic carbocycles. The minimum atomic E-state index is 0.533. The minimum Gasteiger partial charge on any atom is -0.496 e. The number of nitrogens with two attached hydrogens (primary N) is 1. The van der Waals surface area contributed by atoms with Crippen molar-refractivity contribution in [2.75, 3.05) is 20.2 Å². The van der Waals surface area contributed by atoms with E-state index >= 15 is 0 Å². The second kappa shape index (κ2) is 6.21. The third-order valence-corrected chi connectivity index (χ3v) is 3.92. The summed E-state index contributed by atoms with van der Waals surface area (Å²) in [6.07, 6.45) is 2.64. The van der Waals surface area contributed by atoms with Gasteiger partial charge >= 0.3 is 0 Å². The molecule has 1 aromatic carbocycles. The lowest BCUT2D eigenvalue weighted by Gasteiger charge is -2.17. The SMILES string of the molecule is CCC1CCN(Cc2ccc(CN)c(OC)c2)C1. The molecule has 0 amide bonds. The van der Waals surface area contributed by atoms with Gasteiger partial charge in [-0.25, -0.2) is 0 Å². The Morgan fingerprint density at radius 3 is 2.89 bits per heavy atom. The van der Waals surface area contributed by atoms with Crippen molar-refractivity contribution in [2.24, 2.45) is 11.7 Å². The van der Waals surface area contributed by atoms with E-state index in [9.17, 15) is 0 Å². The van der Waals surface area contributed by atoms with Crippen LogP contribution >= 0.6 is 0 Å². The first-order valence-corrected chi connectivity index (χ1v) is 6.85. The maximum absolute atomic E-state index is 5.69. The van der Waals surface area contributed by atoms with Gasteiger partial charge in [0.2, 0.25) is 0 Å². The highest BCUT2D eigenvalue weighted by Gasteiger charge is 2.20. The number of benzene rings is 1. The fourth-order valence-electron chi connectivity index (χ4n) is 2.70. The first-order chi connectivity index (χ1) is 8.76. The van der Waals surface area contributed by atoms with E-state index in [4.69, 9.17) is 10.5 Å². The zero-order valence-electron chi connectivity index (χ0n) is 11.5. The molecule has 2 N–H and O–H groups in total. The second-order valence-corrected chi connectivity index (χ2v) is 5.15. The Bertz CT molecular complexity index is 392. The highest BCUT2D eigenvalue weighted by Crippen LogP contribution is 2.24. The van der Waals surface area contributed by atoms with E-state index in [-0.39, 0.29) is 0 Å². The lowest BCUT2D eigenvalue weighted by molar-refractivity contribution is 0.314. The van der Waals surface area contributed by atoms with Gasteiger partial charge in [0.15, 0.2) is 0 Å². The van der Waals surface area contributed by atoms with E-state index in [0.29, 0.717) is 6.54 Å². The quantitative estimate of drug-likeness (QED) is 0.869. The zero-order valence-corrected chi connectivity index (χ0v) is 11.5. The summed E-state index contributed by atoms with van der Waals surface area (Å²) in [5.41, 5.74) is 8.08. The molecule has 1 unspecified atom stereocenters. The number of methoxy groups -OCH3 is 1. The minimum absolute atomic E-state index is 0.533. The predicted octanol–water partition coefficient (Wildman–Crippen LogP) is 2.39. The molecular formula is C15H24N2O. The van der Waals surface area contributed by atoms with Gasteiger partial charge in [0.25, 0.3) is 0 Å². The number of hydrogen-bond acceptors (Lipinski definition) is 3. The summed E-state index contributed by atoms with van der Waals surface area (Å²) in [4.78, 5) is 2.53. The number of likely N-dealkylation sites (tertiary alicyclic amines) is 1. The van der Waals surface area contributed by atoms with Gasteiger partial charge in [0, 0.05) is 25.2 Å². The number of nitrogens with zero attached hydrogens (tertiary/aromatic N) is 1. The fourth-order valence-corrected chi connectivity index (χ4v) is 2.70. The molecule has 18 heavy (non-hydrogen) atoms. The molecule has 2 rings (SSSR count). The van der Waals surface area contributed by atoms with Crippen LogP contribution in [-0.4, -0.2) is 25.1 Å². The Kier molecular flexibility index (Phi) is 4.61. The average Bonchev–Trinajstić information content (AvgIpc) is 2.86. The molecule has 0 aromatic heterocycles. The van der Waals surface area contributed by atoms with Crippen LogP contribution < -0.4 is 10.5 Å². The average molecular weight is 248 g/mol. The van der Waals surface area contributed by atoms with Crippen molar-refractivity contribution in [3.05, 3.63) is 29.3 Å². The van der Waals surface area contributed by atoms with Crippen LogP contribution in [-0.2, 0) is 13.1 Å². The molecule has 0 saturated carbocycles. The topological polar surface area (TPSA) is 38.5 Å². The molecule has 1 aliphatic heterocycles. The molecule has 100 valence electrons. The Balaban J connectivity index is 2.01. The van der Waals surface area contributed by atoms with Gasteiger partial charge in [-0.3, -0.25) is 4.90 Å². The van der Waals surface area contributed by atoms with Crippen LogP contribution in [0.3, 0.4) is 0 Å². The molecule has 0 spiro atoms. The van der Waals surface area contributed by atoms with E-state index in [2.05, 4.69) is 30.0 Å². The van der Waals surface area contributed by atoms with E-state index in [1.54, 1.807) is 7.11 Å². The molecule has 1 heterocycles. The molecule has 1 aliphatic rings. The molecule has 1 saturated heterocycles. The summed E-state index contributed by atoms with van der Waals surface area (Å²) >= 11 is 0. The third-order valence-electron chi connectivity index (χ3n) is 3.92. The van der Waals surface area contributed by atoms with Crippen LogP contribution in [0, 0.1) is 5.92 Å². The number of hydrogen-bond donors (Lipinski definition) is 1. The maximum atomic E-state index is 5.69. The van der Waals surface area contributed by atoms with Crippen LogP contribution in [0.15, 0.2) is 18.2 Å². The standard InChI is InChI=1S/C15H24N2O/c1-3-12-6-7-17(10-12)11-13-4-5-14(9-16)15(8-13)18-2/h4-5,8,12H,3,6-7,9-11,16H2,1-2H3. The molecule has 3 heteroatoms. The van der Waals surface area contributed by atoms with E-state index in [1.807, 2.05) is 0 Å². The highest BCUT2D eigenvalue weighted by molar-refractivity contribution is 5.37. The van der Waals surface area contributed by atoms with Crippen LogP contribution in [0.2, 0.25) is 0 Å². The number of ether oxygens (including phenoxy) is 1. The predicted molar refractivity (Wildman–Crippen MR) is 74.6 cm³/mol. The van der Waals surface area contributed by atoms with Gasteiger partial charge in [-0.1, -0.05) is 25.5 Å². The van der Waals surface area contributed by atoms with Gasteiger partial charge in [-0.05, 0) is 30.5 Å². The van der Waals surface area contributed by atoms with Crippen molar-refractivity contribution in [3.8, 4) is 5.75 Å². The van der Waals surface area contributed by atoms with Crippen LogP contribution in [0.25, 0.3) is 0 Å². The first-order valence-electron chi connectivity index (χ1n) is 6.85. The molecule has 1 fully saturated rings. The van der Waals surface area contributed by atoms with E-state index in [1.165, 1.54) is 31.5 Å². The first kappa shape index (κ1) is 13.4. The van der Waals surface area contributed by atoms with E-state index < -0.39 is 0 Å². The van der Waals surface area contributed by atoms with Crippen molar-refractivity contribution < 1.29 is 4.74 Å². The maximum Gasteiger partial charge on any atom is 0.123 e. The largest absolute Gasteiger partial charge is 0.496 e. The van der Waals surface area contributed by atoms with Gasteiger partial charge in [0.1, 0.15) is 5.75 Å². The summed E-state index contributed by atoms with van der Waals surface area (Å²) in [7, 11) is 1.71. The Labute approximate surface area is 110 Å². The molecule has 0 radical (unpaired) electrons. The molecule has 0 bridgehead atoms. The summed E-state index contributed by atoms with van der Waals surface area (Å²) < 4.78 is 5.39. The van der Waals surface area contributed by atoms with Gasteiger partial charge in [-0.15, -0.1) is 0 Å². The smallest absolute Gasteiger partial charge is 0.123 e. The molecular weight excluding hydrogens is 224 g/mol. The molecule has 1 atom stereocenters. The highest BCUT2D eigenvalue weighted by atomic mass is 16.5. The Morgan fingerprint density at radius 1 is 1.44 bits per heavy atom. The molecule has 3 nitrogen and oxygen atoms in total. The van der Waals surface area contributed by atoms with Crippen molar-refractivity contribution in [1.29, 1.82) is 0 Å². The van der Waals surface area contributed by atoms with Gasteiger partial charge in [0.05, 0.1) is 7.11 Å². The van der Waals surface area contributed by atoms with Crippen molar-refractivity contribution >= 4 is 0 Å². The molecule has 1 aromatic rings. The van der Waals surface area contributed by atoms with Crippen LogP contribution in [0.1, 0.15) is 30.9 Å². The second-order valence-electron chi connectivity index (χ2n) is 5.15.